The number of aromatic nitrogens is 2. The van der Waals surface area contributed by atoms with Gasteiger partial charge in [0.05, 0.1) is 12.3 Å². The van der Waals surface area contributed by atoms with Gasteiger partial charge in [0.1, 0.15) is 5.69 Å². The molecule has 0 saturated heterocycles. The molecule has 0 bridgehead atoms. The first-order valence-electron chi connectivity index (χ1n) is 6.59. The topological polar surface area (TPSA) is 62.6 Å². The van der Waals surface area contributed by atoms with E-state index in [1.54, 1.807) is 13.0 Å². The van der Waals surface area contributed by atoms with Gasteiger partial charge in [-0.15, -0.1) is 0 Å². The van der Waals surface area contributed by atoms with Crippen molar-refractivity contribution in [3.63, 3.8) is 0 Å². The minimum Gasteiger partial charge on any atom is -0.461 e. The highest BCUT2D eigenvalue weighted by Crippen LogP contribution is 2.20. The molecule has 2 aromatic rings. The number of ether oxygens (including phenoxy) is 3. The van der Waals surface area contributed by atoms with Crippen LogP contribution in [-0.2, 0) is 14.2 Å². The zero-order valence-electron chi connectivity index (χ0n) is 12.3. The van der Waals surface area contributed by atoms with E-state index in [1.165, 1.54) is 18.9 Å². The standard InChI is InChI=1S/C15H18N2O4/c1-4-21-14(18)13-10-12(15(19-2)20-3)16-17(13)11-8-6-5-7-9-11/h5-10,15H,4H2,1-3H3. The SMILES string of the molecule is CCOC(=O)c1cc(C(OC)OC)nn1-c1ccccc1. The number of hydrogen-bond donors (Lipinski definition) is 0. The highest BCUT2D eigenvalue weighted by molar-refractivity contribution is 5.88. The van der Waals surface area contributed by atoms with Crippen molar-refractivity contribution in [2.24, 2.45) is 0 Å². The molecular formula is C15H18N2O4. The van der Waals surface area contributed by atoms with Crippen molar-refractivity contribution < 1.29 is 19.0 Å². The maximum atomic E-state index is 12.1. The lowest BCUT2D eigenvalue weighted by atomic mass is 10.3. The fraction of sp³-hybridized carbons (Fsp3) is 0.333. The van der Waals surface area contributed by atoms with Crippen LogP contribution in [-0.4, -0.2) is 36.6 Å². The van der Waals surface area contributed by atoms with Gasteiger partial charge in [-0.2, -0.15) is 5.10 Å². The lowest BCUT2D eigenvalue weighted by Crippen LogP contribution is -2.11. The summed E-state index contributed by atoms with van der Waals surface area (Å²) in [7, 11) is 3.03. The van der Waals surface area contributed by atoms with Gasteiger partial charge >= 0.3 is 5.97 Å². The molecule has 1 aromatic heterocycles. The van der Waals surface area contributed by atoms with Gasteiger partial charge in [0.15, 0.2) is 5.69 Å². The summed E-state index contributed by atoms with van der Waals surface area (Å²) >= 11 is 0. The van der Waals surface area contributed by atoms with Gasteiger partial charge in [0, 0.05) is 14.2 Å². The second-order valence-corrected chi connectivity index (χ2v) is 4.23. The average Bonchev–Trinajstić information content (AvgIpc) is 2.95. The Morgan fingerprint density at radius 1 is 1.24 bits per heavy atom. The first-order valence-corrected chi connectivity index (χ1v) is 6.59. The Morgan fingerprint density at radius 2 is 1.90 bits per heavy atom. The highest BCUT2D eigenvalue weighted by Gasteiger charge is 2.22. The average molecular weight is 290 g/mol. The van der Waals surface area contributed by atoms with Crippen molar-refractivity contribution in [1.29, 1.82) is 0 Å². The molecule has 6 heteroatoms. The normalized spacial score (nSPS) is 10.9. The van der Waals surface area contributed by atoms with E-state index in [0.29, 0.717) is 18.0 Å². The summed E-state index contributed by atoms with van der Waals surface area (Å²) in [5.41, 5.74) is 1.60. The molecule has 0 spiro atoms. The van der Waals surface area contributed by atoms with Crippen LogP contribution in [0.2, 0.25) is 0 Å². The van der Waals surface area contributed by atoms with Crippen LogP contribution in [0.1, 0.15) is 29.4 Å². The van der Waals surface area contributed by atoms with E-state index in [0.717, 1.165) is 5.69 Å². The first-order chi connectivity index (χ1) is 10.2. The molecule has 0 N–H and O–H groups in total. The third kappa shape index (κ3) is 3.29. The Balaban J connectivity index is 2.48. The third-order valence-corrected chi connectivity index (χ3v) is 2.88. The zero-order chi connectivity index (χ0) is 15.2. The fourth-order valence-electron chi connectivity index (χ4n) is 1.97. The van der Waals surface area contributed by atoms with Crippen LogP contribution in [0.15, 0.2) is 36.4 Å². The van der Waals surface area contributed by atoms with Crippen LogP contribution in [0.4, 0.5) is 0 Å². The summed E-state index contributed by atoms with van der Waals surface area (Å²) in [6, 6.07) is 11.0. The van der Waals surface area contributed by atoms with E-state index < -0.39 is 12.3 Å². The number of rotatable bonds is 6. The zero-order valence-corrected chi connectivity index (χ0v) is 12.3. The lowest BCUT2D eigenvalue weighted by Gasteiger charge is -2.09. The number of esters is 1. The van der Waals surface area contributed by atoms with Crippen LogP contribution in [0.5, 0.6) is 0 Å². The molecule has 1 heterocycles. The lowest BCUT2D eigenvalue weighted by molar-refractivity contribution is -0.108. The minimum absolute atomic E-state index is 0.298. The molecule has 0 unspecified atom stereocenters. The van der Waals surface area contributed by atoms with E-state index in [2.05, 4.69) is 5.10 Å². The number of benzene rings is 1. The second kappa shape index (κ2) is 7.01. The Labute approximate surface area is 123 Å². The third-order valence-electron chi connectivity index (χ3n) is 2.88. The summed E-state index contributed by atoms with van der Waals surface area (Å²) in [6.45, 7) is 2.06. The van der Waals surface area contributed by atoms with Gasteiger partial charge in [-0.25, -0.2) is 9.48 Å². The number of methoxy groups -OCH3 is 2. The molecule has 21 heavy (non-hydrogen) atoms. The number of carbonyl (C=O) groups excluding carboxylic acids is 1. The number of carbonyl (C=O) groups is 1. The largest absolute Gasteiger partial charge is 0.461 e. The van der Waals surface area contributed by atoms with E-state index >= 15 is 0 Å². The Morgan fingerprint density at radius 3 is 2.48 bits per heavy atom. The quantitative estimate of drug-likeness (QED) is 0.603. The molecule has 0 amide bonds. The minimum atomic E-state index is -0.636. The van der Waals surface area contributed by atoms with Gasteiger partial charge in [0.25, 0.3) is 0 Å². The van der Waals surface area contributed by atoms with Crippen LogP contribution in [0, 0.1) is 0 Å². The molecule has 0 radical (unpaired) electrons. The van der Waals surface area contributed by atoms with Crippen LogP contribution in [0.25, 0.3) is 5.69 Å². The van der Waals surface area contributed by atoms with Crippen molar-refractivity contribution in [3.05, 3.63) is 47.8 Å². The molecule has 0 saturated carbocycles. The molecular weight excluding hydrogens is 272 g/mol. The molecule has 0 aliphatic heterocycles. The molecule has 6 nitrogen and oxygen atoms in total. The van der Waals surface area contributed by atoms with E-state index in [-0.39, 0.29) is 0 Å². The summed E-state index contributed by atoms with van der Waals surface area (Å²) in [4.78, 5) is 12.1. The Kier molecular flexibility index (Phi) is 5.08. The first kappa shape index (κ1) is 15.2. The predicted octanol–water partition coefficient (Wildman–Crippen LogP) is 2.34. The number of nitrogens with zero attached hydrogens (tertiary/aromatic N) is 2. The van der Waals surface area contributed by atoms with Gasteiger partial charge < -0.3 is 14.2 Å². The summed E-state index contributed by atoms with van der Waals surface area (Å²) < 4.78 is 17.0. The smallest absolute Gasteiger partial charge is 0.357 e. The molecule has 1 aromatic carbocycles. The maximum Gasteiger partial charge on any atom is 0.357 e. The highest BCUT2D eigenvalue weighted by atomic mass is 16.7. The van der Waals surface area contributed by atoms with Gasteiger partial charge in [0.2, 0.25) is 6.29 Å². The molecule has 0 atom stereocenters. The number of para-hydroxylation sites is 1. The molecule has 2 rings (SSSR count). The van der Waals surface area contributed by atoms with Crippen molar-refractivity contribution in [2.45, 2.75) is 13.2 Å². The van der Waals surface area contributed by atoms with Crippen molar-refractivity contribution in [2.75, 3.05) is 20.8 Å². The van der Waals surface area contributed by atoms with E-state index in [1.807, 2.05) is 30.3 Å². The number of hydrogen-bond acceptors (Lipinski definition) is 5. The Hall–Kier alpha value is -2.18. The predicted molar refractivity (Wildman–Crippen MR) is 76.3 cm³/mol. The van der Waals surface area contributed by atoms with Gasteiger partial charge in [-0.1, -0.05) is 18.2 Å². The fourth-order valence-corrected chi connectivity index (χ4v) is 1.97. The van der Waals surface area contributed by atoms with Gasteiger partial charge in [-0.05, 0) is 25.1 Å². The monoisotopic (exact) mass is 290 g/mol. The summed E-state index contributed by atoms with van der Waals surface area (Å²) in [5, 5.41) is 4.39. The molecule has 112 valence electrons. The van der Waals surface area contributed by atoms with Crippen molar-refractivity contribution in [3.8, 4) is 5.69 Å². The van der Waals surface area contributed by atoms with Crippen LogP contribution in [0.3, 0.4) is 0 Å². The summed E-state index contributed by atoms with van der Waals surface area (Å²) in [6.07, 6.45) is -0.636. The molecule has 0 fully saturated rings. The Bertz CT molecular complexity index is 591. The van der Waals surface area contributed by atoms with Crippen LogP contribution >= 0.6 is 0 Å². The van der Waals surface area contributed by atoms with Crippen LogP contribution < -0.4 is 0 Å². The van der Waals surface area contributed by atoms with Crippen molar-refractivity contribution >= 4 is 5.97 Å². The molecule has 0 aliphatic rings. The second-order valence-electron chi connectivity index (χ2n) is 4.23. The molecule has 0 aliphatic carbocycles. The van der Waals surface area contributed by atoms with E-state index in [4.69, 9.17) is 14.2 Å². The van der Waals surface area contributed by atoms with E-state index in [9.17, 15) is 4.79 Å². The maximum absolute atomic E-state index is 12.1. The van der Waals surface area contributed by atoms with Crippen molar-refractivity contribution in [1.82, 2.24) is 9.78 Å². The summed E-state index contributed by atoms with van der Waals surface area (Å²) in [5.74, 6) is -0.439. The van der Waals surface area contributed by atoms with Gasteiger partial charge in [-0.3, -0.25) is 0 Å².